The Bertz CT molecular complexity index is 608. The third-order valence-corrected chi connectivity index (χ3v) is 3.29. The molecule has 0 fully saturated rings. The smallest absolute Gasteiger partial charge is 0.337 e. The summed E-state index contributed by atoms with van der Waals surface area (Å²) >= 11 is 5.98. The van der Waals surface area contributed by atoms with Crippen LogP contribution in [0.15, 0.2) is 42.5 Å². The number of methoxy groups -OCH3 is 1. The van der Waals surface area contributed by atoms with Gasteiger partial charge in [0.05, 0.1) is 12.7 Å². The van der Waals surface area contributed by atoms with Crippen LogP contribution in [0.3, 0.4) is 0 Å². The maximum Gasteiger partial charge on any atom is 0.337 e. The molecule has 2 aromatic rings. The predicted octanol–water partition coefficient (Wildman–Crippen LogP) is 4.05. The Morgan fingerprint density at radius 1 is 1.20 bits per heavy atom. The van der Waals surface area contributed by atoms with E-state index in [1.54, 1.807) is 12.1 Å². The van der Waals surface area contributed by atoms with Crippen molar-refractivity contribution in [2.24, 2.45) is 0 Å². The van der Waals surface area contributed by atoms with Crippen molar-refractivity contribution in [1.82, 2.24) is 0 Å². The van der Waals surface area contributed by atoms with Gasteiger partial charge < -0.3 is 10.1 Å². The van der Waals surface area contributed by atoms with E-state index in [2.05, 4.69) is 10.1 Å². The van der Waals surface area contributed by atoms with Crippen LogP contribution in [0, 0.1) is 6.92 Å². The fraction of sp³-hybridized carbons (Fsp3) is 0.188. The summed E-state index contributed by atoms with van der Waals surface area (Å²) in [5, 5.41) is 4.04. The minimum Gasteiger partial charge on any atom is -0.465 e. The van der Waals surface area contributed by atoms with Gasteiger partial charge in [-0.3, -0.25) is 0 Å². The molecular formula is C16H16ClNO2. The lowest BCUT2D eigenvalue weighted by Gasteiger charge is -2.10. The van der Waals surface area contributed by atoms with Gasteiger partial charge in [-0.15, -0.1) is 0 Å². The van der Waals surface area contributed by atoms with Crippen molar-refractivity contribution in [1.29, 1.82) is 0 Å². The maximum absolute atomic E-state index is 11.3. The number of hydrogen-bond acceptors (Lipinski definition) is 3. The number of ether oxygens (including phenoxy) is 1. The van der Waals surface area contributed by atoms with Gasteiger partial charge >= 0.3 is 5.97 Å². The molecule has 0 aliphatic rings. The van der Waals surface area contributed by atoms with Gasteiger partial charge in [-0.05, 0) is 42.3 Å². The van der Waals surface area contributed by atoms with Gasteiger partial charge in [-0.25, -0.2) is 4.79 Å². The molecular weight excluding hydrogens is 274 g/mol. The van der Waals surface area contributed by atoms with Crippen LogP contribution in [-0.2, 0) is 11.3 Å². The summed E-state index contributed by atoms with van der Waals surface area (Å²) in [6, 6.07) is 13.1. The molecule has 0 saturated heterocycles. The van der Waals surface area contributed by atoms with Crippen LogP contribution in [0.25, 0.3) is 0 Å². The zero-order chi connectivity index (χ0) is 14.5. The summed E-state index contributed by atoms with van der Waals surface area (Å²) in [4.78, 5) is 11.3. The van der Waals surface area contributed by atoms with Crippen molar-refractivity contribution < 1.29 is 9.53 Å². The molecule has 0 unspecified atom stereocenters. The summed E-state index contributed by atoms with van der Waals surface area (Å²) in [7, 11) is 1.37. The molecule has 0 aromatic heterocycles. The van der Waals surface area contributed by atoms with Crippen LogP contribution in [0.2, 0.25) is 5.02 Å². The molecule has 2 rings (SSSR count). The third kappa shape index (κ3) is 3.52. The van der Waals surface area contributed by atoms with Crippen LogP contribution in [0.4, 0.5) is 5.69 Å². The van der Waals surface area contributed by atoms with Crippen LogP contribution in [-0.4, -0.2) is 13.1 Å². The molecule has 0 bridgehead atoms. The van der Waals surface area contributed by atoms with Crippen molar-refractivity contribution in [3.8, 4) is 0 Å². The fourth-order valence-electron chi connectivity index (χ4n) is 1.86. The van der Waals surface area contributed by atoms with E-state index in [9.17, 15) is 4.79 Å². The second kappa shape index (κ2) is 6.44. The van der Waals surface area contributed by atoms with E-state index in [4.69, 9.17) is 11.6 Å². The molecule has 2 aromatic carbocycles. The first-order valence-electron chi connectivity index (χ1n) is 6.27. The topological polar surface area (TPSA) is 38.3 Å². The summed E-state index contributed by atoms with van der Waals surface area (Å²) in [5.74, 6) is -0.324. The Balaban J connectivity index is 2.04. The van der Waals surface area contributed by atoms with Gasteiger partial charge in [-0.2, -0.15) is 0 Å². The summed E-state index contributed by atoms with van der Waals surface area (Å²) in [6.07, 6.45) is 0. The summed E-state index contributed by atoms with van der Waals surface area (Å²) in [5.41, 5.74) is 3.78. The van der Waals surface area contributed by atoms with Crippen molar-refractivity contribution in [2.45, 2.75) is 13.5 Å². The number of esters is 1. The lowest BCUT2D eigenvalue weighted by atomic mass is 10.1. The Labute approximate surface area is 123 Å². The number of anilines is 1. The molecule has 0 heterocycles. The van der Waals surface area contributed by atoms with E-state index in [-0.39, 0.29) is 5.97 Å². The second-order valence-corrected chi connectivity index (χ2v) is 4.94. The number of aryl methyl sites for hydroxylation is 1. The largest absolute Gasteiger partial charge is 0.465 e. The normalized spacial score (nSPS) is 10.2. The predicted molar refractivity (Wildman–Crippen MR) is 81.3 cm³/mol. The van der Waals surface area contributed by atoms with E-state index in [1.165, 1.54) is 7.11 Å². The molecule has 3 nitrogen and oxygen atoms in total. The van der Waals surface area contributed by atoms with E-state index in [0.29, 0.717) is 17.1 Å². The molecule has 4 heteroatoms. The van der Waals surface area contributed by atoms with Crippen LogP contribution in [0.5, 0.6) is 0 Å². The number of rotatable bonds is 4. The summed E-state index contributed by atoms with van der Waals surface area (Å²) < 4.78 is 4.67. The SMILES string of the molecule is COC(=O)c1ccc(CNc2cc(Cl)ccc2C)cc1. The lowest BCUT2D eigenvalue weighted by molar-refractivity contribution is 0.0600. The molecule has 0 spiro atoms. The Morgan fingerprint density at radius 2 is 1.90 bits per heavy atom. The fourth-order valence-corrected chi connectivity index (χ4v) is 2.03. The average molecular weight is 290 g/mol. The molecule has 0 amide bonds. The Kier molecular flexibility index (Phi) is 4.64. The molecule has 0 saturated carbocycles. The number of benzene rings is 2. The molecule has 0 atom stereocenters. The minimum absolute atomic E-state index is 0.324. The monoisotopic (exact) mass is 289 g/mol. The van der Waals surface area contributed by atoms with Gasteiger partial charge in [0.2, 0.25) is 0 Å². The van der Waals surface area contributed by atoms with Crippen molar-refractivity contribution in [2.75, 3.05) is 12.4 Å². The highest BCUT2D eigenvalue weighted by Crippen LogP contribution is 2.20. The van der Waals surface area contributed by atoms with Crippen LogP contribution >= 0.6 is 11.6 Å². The molecule has 1 N–H and O–H groups in total. The van der Waals surface area contributed by atoms with Crippen LogP contribution < -0.4 is 5.32 Å². The van der Waals surface area contributed by atoms with E-state index in [1.807, 2.05) is 37.3 Å². The number of hydrogen-bond donors (Lipinski definition) is 1. The van der Waals surface area contributed by atoms with E-state index < -0.39 is 0 Å². The van der Waals surface area contributed by atoms with Crippen LogP contribution in [0.1, 0.15) is 21.5 Å². The maximum atomic E-state index is 11.3. The number of halogens is 1. The first-order chi connectivity index (χ1) is 9.60. The van der Waals surface area contributed by atoms with E-state index in [0.717, 1.165) is 16.8 Å². The minimum atomic E-state index is -0.324. The molecule has 0 aliphatic heterocycles. The number of carbonyl (C=O) groups is 1. The van der Waals surface area contributed by atoms with Crippen molar-refractivity contribution >= 4 is 23.3 Å². The number of nitrogens with one attached hydrogen (secondary N) is 1. The van der Waals surface area contributed by atoms with Gasteiger partial charge in [0.1, 0.15) is 0 Å². The Hall–Kier alpha value is -2.00. The lowest BCUT2D eigenvalue weighted by Crippen LogP contribution is -2.03. The molecule has 104 valence electrons. The average Bonchev–Trinajstić information content (AvgIpc) is 2.48. The first kappa shape index (κ1) is 14.4. The molecule has 0 aliphatic carbocycles. The zero-order valence-electron chi connectivity index (χ0n) is 11.4. The first-order valence-corrected chi connectivity index (χ1v) is 6.65. The zero-order valence-corrected chi connectivity index (χ0v) is 12.2. The highest BCUT2D eigenvalue weighted by molar-refractivity contribution is 6.30. The molecule has 20 heavy (non-hydrogen) atoms. The van der Waals surface area contributed by atoms with Crippen molar-refractivity contribution in [3.05, 3.63) is 64.2 Å². The quantitative estimate of drug-likeness (QED) is 0.863. The molecule has 0 radical (unpaired) electrons. The highest BCUT2D eigenvalue weighted by Gasteiger charge is 2.04. The highest BCUT2D eigenvalue weighted by atomic mass is 35.5. The second-order valence-electron chi connectivity index (χ2n) is 4.50. The standard InChI is InChI=1S/C16H16ClNO2/c1-11-3-8-14(17)9-15(11)18-10-12-4-6-13(7-5-12)16(19)20-2/h3-9,18H,10H2,1-2H3. The van der Waals surface area contributed by atoms with E-state index >= 15 is 0 Å². The van der Waals surface area contributed by atoms with Gasteiger partial charge in [0.15, 0.2) is 0 Å². The Morgan fingerprint density at radius 3 is 2.55 bits per heavy atom. The van der Waals surface area contributed by atoms with Crippen molar-refractivity contribution in [3.63, 3.8) is 0 Å². The van der Waals surface area contributed by atoms with Gasteiger partial charge in [-0.1, -0.05) is 29.8 Å². The van der Waals surface area contributed by atoms with Gasteiger partial charge in [0.25, 0.3) is 0 Å². The third-order valence-electron chi connectivity index (χ3n) is 3.06. The number of carbonyl (C=O) groups excluding carboxylic acids is 1. The van der Waals surface area contributed by atoms with Gasteiger partial charge in [0, 0.05) is 17.3 Å². The summed E-state index contributed by atoms with van der Waals surface area (Å²) in [6.45, 7) is 2.70.